The van der Waals surface area contributed by atoms with E-state index in [1.165, 1.54) is 0 Å². The van der Waals surface area contributed by atoms with Crippen LogP contribution in [0.5, 0.6) is 17.2 Å². The van der Waals surface area contributed by atoms with E-state index in [0.717, 1.165) is 43.3 Å². The van der Waals surface area contributed by atoms with E-state index in [4.69, 9.17) is 9.47 Å². The van der Waals surface area contributed by atoms with Gasteiger partial charge in [-0.15, -0.1) is 0 Å². The lowest BCUT2D eigenvalue weighted by molar-refractivity contribution is 0.101. The molecule has 0 aliphatic carbocycles. The van der Waals surface area contributed by atoms with E-state index < -0.39 is 0 Å². The third-order valence-electron chi connectivity index (χ3n) is 6.36. The van der Waals surface area contributed by atoms with Crippen molar-refractivity contribution in [3.63, 3.8) is 0 Å². The molecule has 0 spiro atoms. The van der Waals surface area contributed by atoms with Gasteiger partial charge < -0.3 is 19.5 Å². The normalized spacial score (nSPS) is 17.1. The van der Waals surface area contributed by atoms with Gasteiger partial charge in [0.1, 0.15) is 23.1 Å². The Morgan fingerprint density at radius 3 is 2.56 bits per heavy atom. The number of benzene rings is 2. The molecule has 0 bridgehead atoms. The molecule has 3 heterocycles. The number of nitrogens with zero attached hydrogens (tertiary/aromatic N) is 3. The molecule has 1 saturated heterocycles. The smallest absolute Gasteiger partial charge is 0.232 e. The first-order valence-corrected chi connectivity index (χ1v) is 11.4. The van der Waals surface area contributed by atoms with Gasteiger partial charge in [0, 0.05) is 38.9 Å². The van der Waals surface area contributed by atoms with Gasteiger partial charge in [-0.05, 0) is 54.5 Å². The van der Waals surface area contributed by atoms with Crippen molar-refractivity contribution in [2.45, 2.75) is 13.5 Å². The van der Waals surface area contributed by atoms with E-state index in [-0.39, 0.29) is 17.3 Å². The van der Waals surface area contributed by atoms with Crippen LogP contribution in [0.3, 0.4) is 0 Å². The summed E-state index contributed by atoms with van der Waals surface area (Å²) in [5.74, 6) is 2.44. The number of pyridine rings is 1. The monoisotopic (exact) mass is 457 g/mol. The van der Waals surface area contributed by atoms with Gasteiger partial charge in [0.15, 0.2) is 5.76 Å². The number of ketones is 1. The molecule has 1 fully saturated rings. The van der Waals surface area contributed by atoms with Gasteiger partial charge in [0.25, 0.3) is 0 Å². The summed E-state index contributed by atoms with van der Waals surface area (Å²) >= 11 is 0. The van der Waals surface area contributed by atoms with E-state index in [2.05, 4.69) is 14.8 Å². The van der Waals surface area contributed by atoms with Gasteiger partial charge in [0.05, 0.1) is 18.2 Å². The number of Topliss-reactive ketones (excluding diaryl/α,β-unsaturated/α-hetero) is 1. The molecule has 174 valence electrons. The van der Waals surface area contributed by atoms with E-state index >= 15 is 0 Å². The Labute approximate surface area is 198 Å². The van der Waals surface area contributed by atoms with Crippen molar-refractivity contribution >= 4 is 17.7 Å². The number of anilines is 1. The quantitative estimate of drug-likeness (QED) is 0.580. The van der Waals surface area contributed by atoms with Crippen molar-refractivity contribution in [3.8, 4) is 17.2 Å². The van der Waals surface area contributed by atoms with Crippen LogP contribution in [0.2, 0.25) is 0 Å². The average Bonchev–Trinajstić information content (AvgIpc) is 3.19. The highest BCUT2D eigenvalue weighted by Crippen LogP contribution is 2.42. The van der Waals surface area contributed by atoms with Crippen LogP contribution >= 0.6 is 0 Å². The Hall–Kier alpha value is -3.84. The fourth-order valence-corrected chi connectivity index (χ4v) is 4.48. The second kappa shape index (κ2) is 9.19. The molecule has 2 aliphatic heterocycles. The molecule has 7 heteroatoms. The second-order valence-corrected chi connectivity index (χ2v) is 8.56. The van der Waals surface area contributed by atoms with Crippen molar-refractivity contribution in [3.05, 3.63) is 82.7 Å². The van der Waals surface area contributed by atoms with E-state index in [9.17, 15) is 9.90 Å². The molecule has 0 atom stereocenters. The van der Waals surface area contributed by atoms with Crippen molar-refractivity contribution in [1.82, 2.24) is 9.88 Å². The number of ether oxygens (including phenoxy) is 2. The Kier molecular flexibility index (Phi) is 5.94. The van der Waals surface area contributed by atoms with Crippen LogP contribution in [0, 0.1) is 6.92 Å². The van der Waals surface area contributed by atoms with Crippen LogP contribution in [0.4, 0.5) is 5.82 Å². The largest absolute Gasteiger partial charge is 0.507 e. The highest BCUT2D eigenvalue weighted by molar-refractivity contribution is 6.15. The lowest BCUT2D eigenvalue weighted by Crippen LogP contribution is -2.46. The van der Waals surface area contributed by atoms with Gasteiger partial charge in [-0.1, -0.05) is 18.2 Å². The van der Waals surface area contributed by atoms with Crippen LogP contribution in [0.25, 0.3) is 6.08 Å². The van der Waals surface area contributed by atoms with Gasteiger partial charge in [-0.25, -0.2) is 4.98 Å². The fraction of sp³-hybridized carbons (Fsp3) is 0.259. The number of piperazine rings is 1. The number of fused-ring (bicyclic) bond motifs is 1. The maximum Gasteiger partial charge on any atom is 0.232 e. The lowest BCUT2D eigenvalue weighted by atomic mass is 9.99. The summed E-state index contributed by atoms with van der Waals surface area (Å²) in [6.45, 7) is 5.66. The summed E-state index contributed by atoms with van der Waals surface area (Å²) in [6.07, 6.45) is 3.54. The zero-order valence-corrected chi connectivity index (χ0v) is 19.3. The minimum atomic E-state index is -0.162. The third kappa shape index (κ3) is 4.22. The number of rotatable bonds is 5. The van der Waals surface area contributed by atoms with Crippen molar-refractivity contribution < 1.29 is 19.4 Å². The molecule has 3 aromatic rings. The number of phenolic OH excluding ortho intramolecular Hbond substituents is 1. The fourth-order valence-electron chi connectivity index (χ4n) is 4.48. The van der Waals surface area contributed by atoms with Crippen LogP contribution in [0.1, 0.15) is 27.0 Å². The van der Waals surface area contributed by atoms with Crippen LogP contribution in [0.15, 0.2) is 60.5 Å². The van der Waals surface area contributed by atoms with Crippen molar-refractivity contribution in [2.75, 3.05) is 38.2 Å². The van der Waals surface area contributed by atoms with Gasteiger partial charge >= 0.3 is 0 Å². The van der Waals surface area contributed by atoms with Gasteiger partial charge in [-0.2, -0.15) is 0 Å². The maximum atomic E-state index is 13.2. The van der Waals surface area contributed by atoms with Crippen LogP contribution in [-0.2, 0) is 6.54 Å². The Bertz CT molecular complexity index is 1230. The van der Waals surface area contributed by atoms with E-state index in [1.807, 2.05) is 49.4 Å². The number of phenols is 1. The zero-order valence-electron chi connectivity index (χ0n) is 19.3. The molecule has 0 unspecified atom stereocenters. The van der Waals surface area contributed by atoms with Crippen molar-refractivity contribution in [1.29, 1.82) is 0 Å². The molecule has 34 heavy (non-hydrogen) atoms. The standard InChI is InChI=1S/C27H27N3O4/c1-18-15-22(31)21(17-29-11-13-30(14-12-29)24-5-3-4-10-28-24)27-25(18)26(32)23(34-27)16-19-6-8-20(33-2)9-7-19/h3-10,15-16,31H,11-14,17H2,1-2H3/b23-16-. The summed E-state index contributed by atoms with van der Waals surface area (Å²) in [7, 11) is 1.61. The van der Waals surface area contributed by atoms with Gasteiger partial charge in [0.2, 0.25) is 5.78 Å². The third-order valence-corrected chi connectivity index (χ3v) is 6.36. The molecule has 7 nitrogen and oxygen atoms in total. The van der Waals surface area contributed by atoms with Crippen LogP contribution in [-0.4, -0.2) is 54.1 Å². The number of hydrogen-bond donors (Lipinski definition) is 1. The lowest BCUT2D eigenvalue weighted by Gasteiger charge is -2.35. The molecule has 0 amide bonds. The number of methoxy groups -OCH3 is 1. The van der Waals surface area contributed by atoms with E-state index in [0.29, 0.717) is 29.0 Å². The molecular formula is C27H27N3O4. The Balaban J connectivity index is 1.36. The number of carbonyl (C=O) groups excluding carboxylic acids is 1. The SMILES string of the molecule is COc1ccc(/C=C2\Oc3c(CN4CCN(c5ccccn5)CC4)c(O)cc(C)c3C2=O)cc1. The van der Waals surface area contributed by atoms with Crippen molar-refractivity contribution in [2.24, 2.45) is 0 Å². The first kappa shape index (κ1) is 22.0. The Morgan fingerprint density at radius 2 is 1.88 bits per heavy atom. The second-order valence-electron chi connectivity index (χ2n) is 8.56. The zero-order chi connectivity index (χ0) is 23.7. The number of aryl methyl sites for hydroxylation is 1. The molecule has 2 aromatic carbocycles. The predicted molar refractivity (Wildman–Crippen MR) is 131 cm³/mol. The topological polar surface area (TPSA) is 75.1 Å². The molecule has 0 saturated carbocycles. The minimum absolute atomic E-state index is 0.155. The molecule has 5 rings (SSSR count). The molecule has 1 N–H and O–H groups in total. The number of hydrogen-bond acceptors (Lipinski definition) is 7. The Morgan fingerprint density at radius 1 is 1.12 bits per heavy atom. The highest BCUT2D eigenvalue weighted by Gasteiger charge is 2.34. The average molecular weight is 458 g/mol. The number of aromatic nitrogens is 1. The minimum Gasteiger partial charge on any atom is -0.507 e. The van der Waals surface area contributed by atoms with E-state index in [1.54, 1.807) is 25.4 Å². The number of carbonyl (C=O) groups is 1. The molecule has 2 aliphatic rings. The summed E-state index contributed by atoms with van der Waals surface area (Å²) < 4.78 is 11.3. The van der Waals surface area contributed by atoms with Crippen LogP contribution < -0.4 is 14.4 Å². The number of allylic oxidation sites excluding steroid dienone is 1. The molecular weight excluding hydrogens is 430 g/mol. The predicted octanol–water partition coefficient (Wildman–Crippen LogP) is 4.04. The summed E-state index contributed by atoms with van der Waals surface area (Å²) in [5.41, 5.74) is 2.73. The molecule has 1 aromatic heterocycles. The number of aromatic hydroxyl groups is 1. The summed E-state index contributed by atoms with van der Waals surface area (Å²) in [6, 6.07) is 15.0. The van der Waals surface area contributed by atoms with Gasteiger partial charge in [-0.3, -0.25) is 9.69 Å². The first-order valence-electron chi connectivity index (χ1n) is 11.4. The summed E-state index contributed by atoms with van der Waals surface area (Å²) in [4.78, 5) is 22.1. The highest BCUT2D eigenvalue weighted by atomic mass is 16.5. The summed E-state index contributed by atoms with van der Waals surface area (Å²) in [5, 5.41) is 10.8. The molecule has 0 radical (unpaired) electrons. The maximum absolute atomic E-state index is 13.2. The first-order chi connectivity index (χ1) is 16.5.